The van der Waals surface area contributed by atoms with Crippen LogP contribution in [0.15, 0.2) is 42.7 Å². The first-order chi connectivity index (χ1) is 10.3. The van der Waals surface area contributed by atoms with Crippen molar-refractivity contribution >= 4 is 0 Å². The summed E-state index contributed by atoms with van der Waals surface area (Å²) in [6, 6.07) is 11.1. The first kappa shape index (κ1) is 15.6. The van der Waals surface area contributed by atoms with E-state index in [9.17, 15) is 0 Å². The molecule has 3 nitrogen and oxygen atoms in total. The van der Waals surface area contributed by atoms with Gasteiger partial charge in [-0.25, -0.2) is 0 Å². The lowest BCUT2D eigenvalue weighted by Crippen LogP contribution is -2.21. The van der Waals surface area contributed by atoms with E-state index in [1.165, 1.54) is 24.8 Å². The summed E-state index contributed by atoms with van der Waals surface area (Å²) < 4.78 is 0. The molecule has 1 aromatic heterocycles. The highest BCUT2D eigenvalue weighted by molar-refractivity contribution is 5.19. The molecular weight excluding hydrogens is 258 g/mol. The molecule has 112 valence electrons. The van der Waals surface area contributed by atoms with Gasteiger partial charge in [-0.15, -0.1) is 0 Å². The minimum atomic E-state index is 0.390. The topological polar surface area (TPSA) is 37.8 Å². The van der Waals surface area contributed by atoms with Gasteiger partial charge in [-0.2, -0.15) is 0 Å². The maximum atomic E-state index is 4.42. The Kier molecular flexibility index (Phi) is 6.35. The van der Waals surface area contributed by atoms with Crippen LogP contribution in [0.4, 0.5) is 0 Å². The van der Waals surface area contributed by atoms with Crippen LogP contribution >= 0.6 is 0 Å². The molecule has 0 saturated carbocycles. The number of rotatable bonds is 8. The Morgan fingerprint density at radius 2 is 1.86 bits per heavy atom. The summed E-state index contributed by atoms with van der Waals surface area (Å²) in [6.07, 6.45) is 8.64. The van der Waals surface area contributed by atoms with E-state index in [-0.39, 0.29) is 0 Å². The highest BCUT2D eigenvalue weighted by atomic mass is 14.9. The van der Waals surface area contributed by atoms with Gasteiger partial charge >= 0.3 is 0 Å². The van der Waals surface area contributed by atoms with E-state index in [1.807, 2.05) is 19.3 Å². The zero-order valence-corrected chi connectivity index (χ0v) is 13.0. The second-order valence-electron chi connectivity index (χ2n) is 5.49. The summed E-state index contributed by atoms with van der Waals surface area (Å²) in [5.74, 6) is 0. The molecule has 0 aliphatic carbocycles. The van der Waals surface area contributed by atoms with Crippen LogP contribution in [0.25, 0.3) is 0 Å². The maximum Gasteiger partial charge on any atom is 0.0724 e. The molecule has 1 atom stereocenters. The standard InChI is InChI=1S/C18H25N3/c1-3-4-6-11-18(16-9-7-5-8-10-16)21-14-17-13-19-15(2)12-20-17/h5,7-10,12-13,18,21H,3-4,6,11,14H2,1-2H3. The van der Waals surface area contributed by atoms with Crippen LogP contribution in [0, 0.1) is 6.92 Å². The van der Waals surface area contributed by atoms with Gasteiger partial charge in [0.15, 0.2) is 0 Å². The van der Waals surface area contributed by atoms with Gasteiger partial charge in [0.2, 0.25) is 0 Å². The normalized spacial score (nSPS) is 12.3. The Labute approximate surface area is 127 Å². The zero-order chi connectivity index (χ0) is 14.9. The molecule has 0 fully saturated rings. The van der Waals surface area contributed by atoms with Gasteiger partial charge in [-0.3, -0.25) is 9.97 Å². The predicted molar refractivity (Wildman–Crippen MR) is 86.9 cm³/mol. The molecule has 1 heterocycles. The van der Waals surface area contributed by atoms with Crippen LogP contribution in [-0.2, 0) is 6.54 Å². The molecule has 0 amide bonds. The number of aromatic nitrogens is 2. The van der Waals surface area contributed by atoms with E-state index in [2.05, 4.69) is 52.5 Å². The van der Waals surface area contributed by atoms with Crippen molar-refractivity contribution < 1.29 is 0 Å². The van der Waals surface area contributed by atoms with E-state index >= 15 is 0 Å². The molecule has 0 aliphatic rings. The number of nitrogens with one attached hydrogen (secondary N) is 1. The lowest BCUT2D eigenvalue weighted by atomic mass is 10.0. The van der Waals surface area contributed by atoms with Gasteiger partial charge in [0, 0.05) is 25.0 Å². The SMILES string of the molecule is CCCCCC(NCc1cnc(C)cn1)c1ccccc1. The van der Waals surface area contributed by atoms with Crippen molar-refractivity contribution in [3.05, 3.63) is 59.7 Å². The lowest BCUT2D eigenvalue weighted by molar-refractivity contribution is 0.470. The van der Waals surface area contributed by atoms with Crippen LogP contribution in [0.1, 0.15) is 55.6 Å². The summed E-state index contributed by atoms with van der Waals surface area (Å²) in [7, 11) is 0. The van der Waals surface area contributed by atoms with Crippen LogP contribution in [0.5, 0.6) is 0 Å². The number of hydrogen-bond acceptors (Lipinski definition) is 3. The molecule has 0 spiro atoms. The number of hydrogen-bond donors (Lipinski definition) is 1. The Balaban J connectivity index is 1.96. The molecule has 1 N–H and O–H groups in total. The zero-order valence-electron chi connectivity index (χ0n) is 13.0. The smallest absolute Gasteiger partial charge is 0.0724 e. The van der Waals surface area contributed by atoms with Gasteiger partial charge in [-0.1, -0.05) is 56.5 Å². The van der Waals surface area contributed by atoms with E-state index < -0.39 is 0 Å². The quantitative estimate of drug-likeness (QED) is 0.738. The van der Waals surface area contributed by atoms with Crippen molar-refractivity contribution in [3.63, 3.8) is 0 Å². The Bertz CT molecular complexity index is 508. The Morgan fingerprint density at radius 1 is 1.05 bits per heavy atom. The molecule has 1 unspecified atom stereocenters. The van der Waals surface area contributed by atoms with Gasteiger partial charge in [-0.05, 0) is 18.9 Å². The predicted octanol–water partition coefficient (Wildman–Crippen LogP) is 4.20. The molecule has 21 heavy (non-hydrogen) atoms. The average molecular weight is 283 g/mol. The molecule has 3 heteroatoms. The summed E-state index contributed by atoms with van der Waals surface area (Å²) in [4.78, 5) is 8.72. The Morgan fingerprint density at radius 3 is 2.52 bits per heavy atom. The summed E-state index contributed by atoms with van der Waals surface area (Å²) in [5, 5.41) is 3.63. The third-order valence-corrected chi connectivity index (χ3v) is 3.66. The van der Waals surface area contributed by atoms with Crippen molar-refractivity contribution in [1.29, 1.82) is 0 Å². The third kappa shape index (κ3) is 5.27. The van der Waals surface area contributed by atoms with Crippen molar-refractivity contribution in [1.82, 2.24) is 15.3 Å². The molecule has 2 aromatic rings. The van der Waals surface area contributed by atoms with Crippen LogP contribution in [0.3, 0.4) is 0 Å². The fourth-order valence-electron chi connectivity index (χ4n) is 2.41. The van der Waals surface area contributed by atoms with Crippen LogP contribution < -0.4 is 5.32 Å². The number of aryl methyl sites for hydroxylation is 1. The van der Waals surface area contributed by atoms with E-state index in [4.69, 9.17) is 0 Å². The van der Waals surface area contributed by atoms with Gasteiger partial charge < -0.3 is 5.32 Å². The minimum Gasteiger partial charge on any atom is -0.304 e. The molecule has 0 saturated heterocycles. The summed E-state index contributed by atoms with van der Waals surface area (Å²) in [6.45, 7) is 4.97. The minimum absolute atomic E-state index is 0.390. The fraction of sp³-hybridized carbons (Fsp3) is 0.444. The highest BCUT2D eigenvalue weighted by Gasteiger charge is 2.10. The molecule has 0 aliphatic heterocycles. The Hall–Kier alpha value is -1.74. The highest BCUT2D eigenvalue weighted by Crippen LogP contribution is 2.20. The van der Waals surface area contributed by atoms with Crippen molar-refractivity contribution in [3.8, 4) is 0 Å². The second kappa shape index (κ2) is 8.53. The summed E-state index contributed by atoms with van der Waals surface area (Å²) in [5.41, 5.74) is 3.31. The maximum absolute atomic E-state index is 4.42. The van der Waals surface area contributed by atoms with Gasteiger partial charge in [0.25, 0.3) is 0 Å². The molecular formula is C18H25N3. The van der Waals surface area contributed by atoms with Crippen molar-refractivity contribution in [2.45, 2.75) is 52.1 Å². The number of unbranched alkanes of at least 4 members (excludes halogenated alkanes) is 2. The van der Waals surface area contributed by atoms with Crippen LogP contribution in [-0.4, -0.2) is 9.97 Å². The van der Waals surface area contributed by atoms with E-state index in [0.717, 1.165) is 24.4 Å². The average Bonchev–Trinajstić information content (AvgIpc) is 2.53. The molecule has 1 aromatic carbocycles. The van der Waals surface area contributed by atoms with Crippen molar-refractivity contribution in [2.75, 3.05) is 0 Å². The van der Waals surface area contributed by atoms with Crippen LogP contribution in [0.2, 0.25) is 0 Å². The first-order valence-electron chi connectivity index (χ1n) is 7.85. The van der Waals surface area contributed by atoms with Gasteiger partial charge in [0.1, 0.15) is 0 Å². The van der Waals surface area contributed by atoms with Crippen molar-refractivity contribution in [2.24, 2.45) is 0 Å². The van der Waals surface area contributed by atoms with E-state index in [1.54, 1.807) is 0 Å². The summed E-state index contributed by atoms with van der Waals surface area (Å²) >= 11 is 0. The fourth-order valence-corrected chi connectivity index (χ4v) is 2.41. The largest absolute Gasteiger partial charge is 0.304 e. The lowest BCUT2D eigenvalue weighted by Gasteiger charge is -2.19. The number of benzene rings is 1. The molecule has 0 bridgehead atoms. The first-order valence-corrected chi connectivity index (χ1v) is 7.85. The molecule has 2 rings (SSSR count). The monoisotopic (exact) mass is 283 g/mol. The van der Waals surface area contributed by atoms with E-state index in [0.29, 0.717) is 6.04 Å². The number of nitrogens with zero attached hydrogens (tertiary/aromatic N) is 2. The second-order valence-corrected chi connectivity index (χ2v) is 5.49. The third-order valence-electron chi connectivity index (χ3n) is 3.66. The van der Waals surface area contributed by atoms with Gasteiger partial charge in [0.05, 0.1) is 11.4 Å². The molecule has 0 radical (unpaired) electrons.